The lowest BCUT2D eigenvalue weighted by atomic mass is 10.3. The van der Waals surface area contributed by atoms with E-state index in [2.05, 4.69) is 22.9 Å². The molecule has 0 unspecified atom stereocenters. The molecule has 0 bridgehead atoms. The van der Waals surface area contributed by atoms with E-state index >= 15 is 0 Å². The first-order valence-corrected chi connectivity index (χ1v) is 9.48. The third-order valence-electron chi connectivity index (χ3n) is 3.75. The van der Waals surface area contributed by atoms with E-state index in [4.69, 9.17) is 4.74 Å². The van der Waals surface area contributed by atoms with E-state index in [0.717, 1.165) is 24.1 Å². The molecule has 1 saturated heterocycles. The largest absolute Gasteiger partial charge is 0.492 e. The van der Waals surface area contributed by atoms with Crippen LogP contribution in [-0.4, -0.2) is 52.1 Å². The van der Waals surface area contributed by atoms with Gasteiger partial charge in [-0.2, -0.15) is 4.31 Å². The second-order valence-corrected chi connectivity index (χ2v) is 7.85. The number of sulfonamides is 1. The average Bonchev–Trinajstić information content (AvgIpc) is 2.49. The number of nitrogens with zero attached hydrogens (tertiary/aromatic N) is 1. The molecule has 0 saturated carbocycles. The fourth-order valence-corrected chi connectivity index (χ4v) is 4.60. The number of quaternary nitrogens is 1. The maximum Gasteiger partial charge on any atom is 0.247 e. The Morgan fingerprint density at radius 2 is 1.95 bits per heavy atom. The van der Waals surface area contributed by atoms with Gasteiger partial charge in [-0.05, 0) is 32.0 Å². The Kier molecular flexibility index (Phi) is 5.65. The van der Waals surface area contributed by atoms with Gasteiger partial charge in [0.2, 0.25) is 10.0 Å². The minimum atomic E-state index is -3.50. The Morgan fingerprint density at radius 1 is 1.29 bits per heavy atom. The quantitative estimate of drug-likeness (QED) is 0.823. The van der Waals surface area contributed by atoms with Gasteiger partial charge in [-0.25, -0.2) is 8.42 Å². The van der Waals surface area contributed by atoms with E-state index < -0.39 is 10.0 Å². The molecule has 21 heavy (non-hydrogen) atoms. The number of ether oxygens (including phenoxy) is 1. The number of rotatable bonds is 5. The van der Waals surface area contributed by atoms with Crippen molar-refractivity contribution < 1.29 is 18.1 Å². The van der Waals surface area contributed by atoms with Crippen molar-refractivity contribution in [3.8, 4) is 5.75 Å². The zero-order valence-corrected chi connectivity index (χ0v) is 14.8. The predicted molar refractivity (Wildman–Crippen MR) is 85.3 cm³/mol. The molecule has 1 aliphatic heterocycles. The van der Waals surface area contributed by atoms with Crippen molar-refractivity contribution in [1.29, 1.82) is 0 Å². The van der Waals surface area contributed by atoms with Crippen LogP contribution in [0.2, 0.25) is 0 Å². The van der Waals surface area contributed by atoms with Crippen LogP contribution in [-0.2, 0) is 10.0 Å². The van der Waals surface area contributed by atoms with E-state index in [0.29, 0.717) is 25.4 Å². The zero-order valence-electron chi connectivity index (χ0n) is 12.4. The Balaban J connectivity index is 2.29. The summed E-state index contributed by atoms with van der Waals surface area (Å²) in [7, 11) is -3.50. The van der Waals surface area contributed by atoms with Crippen LogP contribution in [0.1, 0.15) is 13.8 Å². The van der Waals surface area contributed by atoms with Gasteiger partial charge in [0.25, 0.3) is 0 Å². The molecule has 0 aliphatic carbocycles. The third kappa shape index (κ3) is 3.77. The third-order valence-corrected chi connectivity index (χ3v) is 6.17. The van der Waals surface area contributed by atoms with Gasteiger partial charge < -0.3 is 9.64 Å². The lowest BCUT2D eigenvalue weighted by Gasteiger charge is -2.31. The smallest absolute Gasteiger partial charge is 0.247 e. The Morgan fingerprint density at radius 3 is 2.52 bits per heavy atom. The molecule has 0 spiro atoms. The molecule has 2 rings (SSSR count). The number of halogens is 1. The van der Waals surface area contributed by atoms with Gasteiger partial charge in [-0.3, -0.25) is 0 Å². The van der Waals surface area contributed by atoms with Crippen molar-refractivity contribution in [2.24, 2.45) is 0 Å². The van der Waals surface area contributed by atoms with Crippen molar-refractivity contribution in [2.75, 3.05) is 39.3 Å². The first-order chi connectivity index (χ1) is 9.98. The molecule has 118 valence electrons. The summed E-state index contributed by atoms with van der Waals surface area (Å²) in [5.41, 5.74) is 0. The van der Waals surface area contributed by atoms with E-state index in [-0.39, 0.29) is 4.90 Å². The number of piperazine rings is 1. The van der Waals surface area contributed by atoms with E-state index in [1.807, 2.05) is 6.92 Å². The molecule has 1 fully saturated rings. The van der Waals surface area contributed by atoms with E-state index in [1.54, 1.807) is 22.5 Å². The van der Waals surface area contributed by atoms with Crippen LogP contribution >= 0.6 is 15.9 Å². The van der Waals surface area contributed by atoms with Crippen molar-refractivity contribution in [3.05, 3.63) is 22.7 Å². The highest BCUT2D eigenvalue weighted by Gasteiger charge is 2.32. The topological polar surface area (TPSA) is 51.1 Å². The minimum Gasteiger partial charge on any atom is -0.492 e. The van der Waals surface area contributed by atoms with Gasteiger partial charge in [0, 0.05) is 4.47 Å². The van der Waals surface area contributed by atoms with Crippen molar-refractivity contribution >= 4 is 26.0 Å². The summed E-state index contributed by atoms with van der Waals surface area (Å²) in [6.07, 6.45) is 0. The van der Waals surface area contributed by atoms with Crippen LogP contribution < -0.4 is 9.64 Å². The summed E-state index contributed by atoms with van der Waals surface area (Å²) in [6.45, 7) is 8.28. The van der Waals surface area contributed by atoms with Crippen LogP contribution in [0, 0.1) is 0 Å². The minimum absolute atomic E-state index is 0.249. The van der Waals surface area contributed by atoms with E-state index in [1.165, 1.54) is 4.90 Å². The first-order valence-electron chi connectivity index (χ1n) is 7.25. The molecule has 1 N–H and O–H groups in total. The predicted octanol–water partition coefficient (Wildman–Crippen LogP) is 0.757. The Bertz CT molecular complexity index is 584. The Labute approximate surface area is 135 Å². The molecular weight excluding hydrogens is 356 g/mol. The molecule has 1 aliphatic rings. The zero-order chi connectivity index (χ0) is 15.5. The maximum atomic E-state index is 12.8. The van der Waals surface area contributed by atoms with Crippen LogP contribution in [0.5, 0.6) is 5.75 Å². The molecule has 0 amide bonds. The number of hydrogen-bond donors (Lipinski definition) is 1. The normalized spacial score (nSPS) is 17.9. The molecule has 0 radical (unpaired) electrons. The molecule has 1 aromatic rings. The van der Waals surface area contributed by atoms with Gasteiger partial charge in [0.15, 0.2) is 0 Å². The summed E-state index contributed by atoms with van der Waals surface area (Å²) in [5.74, 6) is 0.422. The lowest BCUT2D eigenvalue weighted by molar-refractivity contribution is -0.901. The van der Waals surface area contributed by atoms with Crippen molar-refractivity contribution in [3.63, 3.8) is 0 Å². The molecule has 0 aromatic heterocycles. The van der Waals surface area contributed by atoms with E-state index in [9.17, 15) is 8.42 Å². The lowest BCUT2D eigenvalue weighted by Crippen LogP contribution is -3.14. The van der Waals surface area contributed by atoms with Crippen LogP contribution in [0.3, 0.4) is 0 Å². The fraction of sp³-hybridized carbons (Fsp3) is 0.571. The van der Waals surface area contributed by atoms with Gasteiger partial charge >= 0.3 is 0 Å². The van der Waals surface area contributed by atoms with Crippen molar-refractivity contribution in [1.82, 2.24) is 4.31 Å². The molecule has 5 nitrogen and oxygen atoms in total. The van der Waals surface area contributed by atoms with Gasteiger partial charge in [0.1, 0.15) is 10.6 Å². The summed E-state index contributed by atoms with van der Waals surface area (Å²) in [5, 5.41) is 0. The SMILES string of the molecule is CCOc1ccc(Br)cc1S(=O)(=O)N1CC[NH+](CC)CC1. The van der Waals surface area contributed by atoms with Crippen LogP contribution in [0.25, 0.3) is 0 Å². The second-order valence-electron chi connectivity index (χ2n) is 5.03. The van der Waals surface area contributed by atoms with Crippen LogP contribution in [0.15, 0.2) is 27.6 Å². The van der Waals surface area contributed by atoms with Crippen molar-refractivity contribution in [2.45, 2.75) is 18.7 Å². The molecule has 7 heteroatoms. The summed E-state index contributed by atoms with van der Waals surface area (Å²) in [4.78, 5) is 1.69. The van der Waals surface area contributed by atoms with Gasteiger partial charge in [0.05, 0.1) is 39.3 Å². The second kappa shape index (κ2) is 7.09. The number of hydrogen-bond acceptors (Lipinski definition) is 3. The van der Waals surface area contributed by atoms with Gasteiger partial charge in [-0.1, -0.05) is 15.9 Å². The summed E-state index contributed by atoms with van der Waals surface area (Å²) < 4.78 is 33.5. The Hall–Kier alpha value is -0.630. The molecule has 1 aromatic carbocycles. The average molecular weight is 378 g/mol. The summed E-state index contributed by atoms with van der Waals surface area (Å²) in [6, 6.07) is 5.12. The standard InChI is InChI=1S/C14H21BrN2O3S/c1-3-16-7-9-17(10-8-16)21(18,19)14-11-12(15)5-6-13(14)20-4-2/h5-6,11H,3-4,7-10H2,1-2H3/p+1. The number of likely N-dealkylation sites (N-methyl/N-ethyl adjacent to an activating group) is 1. The highest BCUT2D eigenvalue weighted by molar-refractivity contribution is 9.10. The molecular formula is C14H22BrN2O3S+. The maximum absolute atomic E-state index is 12.8. The summed E-state index contributed by atoms with van der Waals surface area (Å²) >= 11 is 3.34. The fourth-order valence-electron chi connectivity index (χ4n) is 2.49. The number of nitrogens with one attached hydrogen (secondary N) is 1. The molecule has 1 heterocycles. The highest BCUT2D eigenvalue weighted by atomic mass is 79.9. The molecule has 0 atom stereocenters. The monoisotopic (exact) mass is 377 g/mol. The van der Waals surface area contributed by atoms with Crippen LogP contribution in [0.4, 0.5) is 0 Å². The highest BCUT2D eigenvalue weighted by Crippen LogP contribution is 2.30. The first kappa shape index (κ1) is 16.7. The number of benzene rings is 1. The van der Waals surface area contributed by atoms with Gasteiger partial charge in [-0.15, -0.1) is 0 Å².